The van der Waals surface area contributed by atoms with Gasteiger partial charge in [-0.25, -0.2) is 4.98 Å². The molecule has 2 aromatic rings. The van der Waals surface area contributed by atoms with Gasteiger partial charge in [0.1, 0.15) is 5.82 Å². The largest absolute Gasteiger partial charge is 0.383 e. The highest BCUT2D eigenvalue weighted by Gasteiger charge is 2.14. The van der Waals surface area contributed by atoms with Crippen LogP contribution in [0.5, 0.6) is 0 Å². The SMILES string of the molecule is CCn1nc(C)c(Cl)c1Cc1cccnc1N. The molecule has 0 amide bonds. The minimum atomic E-state index is 0.546. The van der Waals surface area contributed by atoms with Crippen molar-refractivity contribution in [1.82, 2.24) is 14.8 Å². The minimum Gasteiger partial charge on any atom is -0.383 e. The molecule has 90 valence electrons. The number of aromatic nitrogens is 3. The van der Waals surface area contributed by atoms with E-state index in [1.807, 2.05) is 30.7 Å². The second kappa shape index (κ2) is 4.75. The van der Waals surface area contributed by atoms with Gasteiger partial charge in [0, 0.05) is 24.7 Å². The predicted molar refractivity (Wildman–Crippen MR) is 69.1 cm³/mol. The molecule has 0 aliphatic heterocycles. The number of nitrogens with zero attached hydrogens (tertiary/aromatic N) is 3. The van der Waals surface area contributed by atoms with Crippen molar-refractivity contribution >= 4 is 17.4 Å². The summed E-state index contributed by atoms with van der Waals surface area (Å²) in [6, 6.07) is 3.83. The van der Waals surface area contributed by atoms with Gasteiger partial charge in [0.05, 0.1) is 16.4 Å². The summed E-state index contributed by atoms with van der Waals surface area (Å²) in [5, 5.41) is 5.10. The number of hydrogen-bond acceptors (Lipinski definition) is 3. The van der Waals surface area contributed by atoms with Crippen LogP contribution in [0.3, 0.4) is 0 Å². The molecule has 0 bridgehead atoms. The van der Waals surface area contributed by atoms with E-state index in [9.17, 15) is 0 Å². The Kier molecular flexibility index (Phi) is 3.33. The molecule has 0 aliphatic carbocycles. The van der Waals surface area contributed by atoms with E-state index in [0.29, 0.717) is 12.2 Å². The van der Waals surface area contributed by atoms with Crippen LogP contribution in [-0.4, -0.2) is 14.8 Å². The zero-order chi connectivity index (χ0) is 12.4. The molecule has 2 rings (SSSR count). The van der Waals surface area contributed by atoms with Crippen molar-refractivity contribution in [1.29, 1.82) is 0 Å². The molecule has 5 heteroatoms. The first-order chi connectivity index (χ1) is 8.13. The minimum absolute atomic E-state index is 0.546. The predicted octanol–water partition coefficient (Wildman–Crippen LogP) is 2.43. The van der Waals surface area contributed by atoms with Crippen LogP contribution in [0.2, 0.25) is 5.02 Å². The molecule has 0 aromatic carbocycles. The van der Waals surface area contributed by atoms with Gasteiger partial charge < -0.3 is 5.73 Å². The highest BCUT2D eigenvalue weighted by atomic mass is 35.5. The fourth-order valence-electron chi connectivity index (χ4n) is 1.82. The zero-order valence-electron chi connectivity index (χ0n) is 9.94. The third-order valence-corrected chi connectivity index (χ3v) is 3.23. The maximum absolute atomic E-state index is 6.25. The molecule has 4 nitrogen and oxygen atoms in total. The van der Waals surface area contributed by atoms with E-state index in [1.165, 1.54) is 0 Å². The van der Waals surface area contributed by atoms with Crippen LogP contribution in [0.1, 0.15) is 23.9 Å². The van der Waals surface area contributed by atoms with Gasteiger partial charge in [0.25, 0.3) is 0 Å². The Morgan fingerprint density at radius 3 is 2.88 bits per heavy atom. The molecule has 0 saturated heterocycles. The number of pyridine rings is 1. The van der Waals surface area contributed by atoms with E-state index in [4.69, 9.17) is 17.3 Å². The average Bonchev–Trinajstić information content (AvgIpc) is 2.59. The molecule has 0 saturated carbocycles. The van der Waals surface area contributed by atoms with E-state index in [0.717, 1.165) is 28.5 Å². The Bertz CT molecular complexity index is 533. The van der Waals surface area contributed by atoms with Gasteiger partial charge in [0.2, 0.25) is 0 Å². The van der Waals surface area contributed by atoms with Crippen molar-refractivity contribution in [3.05, 3.63) is 40.3 Å². The molecule has 0 fully saturated rings. The zero-order valence-corrected chi connectivity index (χ0v) is 10.7. The first kappa shape index (κ1) is 11.9. The highest BCUT2D eigenvalue weighted by Crippen LogP contribution is 2.24. The third kappa shape index (κ3) is 2.26. The Labute approximate surface area is 105 Å². The van der Waals surface area contributed by atoms with Crippen molar-refractivity contribution in [3.8, 4) is 0 Å². The summed E-state index contributed by atoms with van der Waals surface area (Å²) in [6.07, 6.45) is 2.34. The monoisotopic (exact) mass is 250 g/mol. The molecule has 0 unspecified atom stereocenters. The van der Waals surface area contributed by atoms with Crippen molar-refractivity contribution in [2.75, 3.05) is 5.73 Å². The first-order valence-electron chi connectivity index (χ1n) is 5.54. The maximum Gasteiger partial charge on any atom is 0.126 e. The van der Waals surface area contributed by atoms with Crippen molar-refractivity contribution in [2.45, 2.75) is 26.8 Å². The van der Waals surface area contributed by atoms with Gasteiger partial charge in [-0.3, -0.25) is 4.68 Å². The summed E-state index contributed by atoms with van der Waals surface area (Å²) >= 11 is 6.25. The molecule has 0 spiro atoms. The number of aryl methyl sites for hydroxylation is 2. The van der Waals surface area contributed by atoms with Crippen molar-refractivity contribution < 1.29 is 0 Å². The van der Waals surface area contributed by atoms with Crippen LogP contribution in [0, 0.1) is 6.92 Å². The lowest BCUT2D eigenvalue weighted by Gasteiger charge is -2.07. The van der Waals surface area contributed by atoms with E-state index in [1.54, 1.807) is 6.20 Å². The topological polar surface area (TPSA) is 56.7 Å². The fraction of sp³-hybridized carbons (Fsp3) is 0.333. The summed E-state index contributed by atoms with van der Waals surface area (Å²) in [6.45, 7) is 4.74. The second-order valence-corrected chi connectivity index (χ2v) is 4.26. The third-order valence-electron chi connectivity index (χ3n) is 2.74. The Balaban J connectivity index is 2.39. The number of halogens is 1. The molecule has 0 aliphatic rings. The molecular weight excluding hydrogens is 236 g/mol. The number of rotatable bonds is 3. The van der Waals surface area contributed by atoms with Crippen LogP contribution in [0.15, 0.2) is 18.3 Å². The number of anilines is 1. The summed E-state index contributed by atoms with van der Waals surface area (Å²) in [7, 11) is 0. The fourth-order valence-corrected chi connectivity index (χ4v) is 2.02. The van der Waals surface area contributed by atoms with Crippen LogP contribution < -0.4 is 5.73 Å². The summed E-state index contributed by atoms with van der Waals surface area (Å²) in [5.41, 5.74) is 8.65. The number of nitrogen functional groups attached to an aromatic ring is 1. The van der Waals surface area contributed by atoms with Crippen molar-refractivity contribution in [3.63, 3.8) is 0 Å². The van der Waals surface area contributed by atoms with E-state index < -0.39 is 0 Å². The van der Waals surface area contributed by atoms with Crippen LogP contribution in [-0.2, 0) is 13.0 Å². The maximum atomic E-state index is 6.25. The van der Waals surface area contributed by atoms with Gasteiger partial charge in [0.15, 0.2) is 0 Å². The number of nitrogens with two attached hydrogens (primary N) is 1. The van der Waals surface area contributed by atoms with Crippen LogP contribution in [0.4, 0.5) is 5.82 Å². The van der Waals surface area contributed by atoms with Gasteiger partial charge >= 0.3 is 0 Å². The molecule has 17 heavy (non-hydrogen) atoms. The summed E-state index contributed by atoms with van der Waals surface area (Å²) in [5.74, 6) is 0.546. The van der Waals surface area contributed by atoms with Gasteiger partial charge in [-0.1, -0.05) is 17.7 Å². The highest BCUT2D eigenvalue weighted by molar-refractivity contribution is 6.31. The molecule has 0 radical (unpaired) electrons. The van der Waals surface area contributed by atoms with Crippen molar-refractivity contribution in [2.24, 2.45) is 0 Å². The second-order valence-electron chi connectivity index (χ2n) is 3.89. The molecule has 0 atom stereocenters. The summed E-state index contributed by atoms with van der Waals surface area (Å²) in [4.78, 5) is 4.07. The van der Waals surface area contributed by atoms with Gasteiger partial charge in [-0.2, -0.15) is 5.10 Å². The molecule has 2 aromatic heterocycles. The van der Waals surface area contributed by atoms with Gasteiger partial charge in [-0.15, -0.1) is 0 Å². The Morgan fingerprint density at radius 1 is 1.47 bits per heavy atom. The summed E-state index contributed by atoms with van der Waals surface area (Å²) < 4.78 is 1.91. The average molecular weight is 251 g/mol. The smallest absolute Gasteiger partial charge is 0.126 e. The van der Waals surface area contributed by atoms with Crippen LogP contribution in [0.25, 0.3) is 0 Å². The number of hydrogen-bond donors (Lipinski definition) is 1. The molecule has 2 heterocycles. The normalized spacial score (nSPS) is 10.8. The van der Waals surface area contributed by atoms with E-state index in [-0.39, 0.29) is 0 Å². The quantitative estimate of drug-likeness (QED) is 0.910. The lowest BCUT2D eigenvalue weighted by Crippen LogP contribution is -2.05. The Hall–Kier alpha value is -1.55. The first-order valence-corrected chi connectivity index (χ1v) is 5.92. The Morgan fingerprint density at radius 2 is 2.24 bits per heavy atom. The lowest BCUT2D eigenvalue weighted by atomic mass is 10.1. The standard InChI is InChI=1S/C12H15ClN4/c1-3-17-10(11(13)8(2)16-17)7-9-5-4-6-15-12(9)14/h4-6H,3,7H2,1-2H3,(H2,14,15). The van der Waals surface area contributed by atoms with Crippen LogP contribution >= 0.6 is 11.6 Å². The van der Waals surface area contributed by atoms with E-state index >= 15 is 0 Å². The van der Waals surface area contributed by atoms with E-state index in [2.05, 4.69) is 10.1 Å². The molecular formula is C12H15ClN4. The molecule has 2 N–H and O–H groups in total. The lowest BCUT2D eigenvalue weighted by molar-refractivity contribution is 0.625. The van der Waals surface area contributed by atoms with Gasteiger partial charge in [-0.05, 0) is 19.9 Å².